The van der Waals surface area contributed by atoms with Gasteiger partial charge in [0.1, 0.15) is 0 Å². The van der Waals surface area contributed by atoms with E-state index in [4.69, 9.17) is 5.11 Å². The highest BCUT2D eigenvalue weighted by Gasteiger charge is 2.38. The van der Waals surface area contributed by atoms with Crippen LogP contribution in [0.1, 0.15) is 19.5 Å². The van der Waals surface area contributed by atoms with Crippen LogP contribution in [0.15, 0.2) is 24.4 Å². The Morgan fingerprint density at radius 2 is 2.19 bits per heavy atom. The van der Waals surface area contributed by atoms with Gasteiger partial charge >= 0.3 is 12.0 Å². The summed E-state index contributed by atoms with van der Waals surface area (Å²) in [5.41, 5.74) is 0.828. The number of nitrogens with zero attached hydrogens (tertiary/aromatic N) is 3. The van der Waals surface area contributed by atoms with E-state index in [1.807, 2.05) is 32.0 Å². The van der Waals surface area contributed by atoms with Gasteiger partial charge in [-0.2, -0.15) is 0 Å². The maximum absolute atomic E-state index is 12.5. The number of pyridine rings is 1. The molecule has 0 aliphatic carbocycles. The topological polar surface area (TPSA) is 73.7 Å². The fourth-order valence-electron chi connectivity index (χ4n) is 2.65. The highest BCUT2D eigenvalue weighted by Crippen LogP contribution is 2.24. The van der Waals surface area contributed by atoms with Gasteiger partial charge in [0.15, 0.2) is 0 Å². The molecular formula is C15H21N3O3. The summed E-state index contributed by atoms with van der Waals surface area (Å²) in [6.07, 6.45) is 1.70. The lowest BCUT2D eigenvalue weighted by atomic mass is 9.99. The van der Waals surface area contributed by atoms with Crippen molar-refractivity contribution < 1.29 is 14.7 Å². The third-order valence-electron chi connectivity index (χ3n) is 3.93. The molecule has 6 heteroatoms. The molecule has 21 heavy (non-hydrogen) atoms. The summed E-state index contributed by atoms with van der Waals surface area (Å²) in [5, 5.41) is 9.15. The van der Waals surface area contributed by atoms with Crippen LogP contribution < -0.4 is 0 Å². The van der Waals surface area contributed by atoms with Crippen molar-refractivity contribution in [3.63, 3.8) is 0 Å². The molecule has 2 rings (SSSR count). The lowest BCUT2D eigenvalue weighted by Gasteiger charge is -2.26. The summed E-state index contributed by atoms with van der Waals surface area (Å²) >= 11 is 0. The summed E-state index contributed by atoms with van der Waals surface area (Å²) < 4.78 is 0. The molecule has 114 valence electrons. The van der Waals surface area contributed by atoms with E-state index >= 15 is 0 Å². The van der Waals surface area contributed by atoms with E-state index in [1.54, 1.807) is 16.0 Å². The highest BCUT2D eigenvalue weighted by atomic mass is 16.4. The second-order valence-electron chi connectivity index (χ2n) is 5.44. The van der Waals surface area contributed by atoms with E-state index in [1.165, 1.54) is 0 Å². The average Bonchev–Trinajstić information content (AvgIpc) is 2.87. The molecule has 2 atom stereocenters. The number of carbonyl (C=O) groups excluding carboxylic acids is 1. The van der Waals surface area contributed by atoms with Gasteiger partial charge in [-0.3, -0.25) is 9.78 Å². The Bertz CT molecular complexity index is 506. The maximum Gasteiger partial charge on any atom is 0.320 e. The Kier molecular flexibility index (Phi) is 4.77. The van der Waals surface area contributed by atoms with Gasteiger partial charge in [-0.25, -0.2) is 4.79 Å². The zero-order chi connectivity index (χ0) is 15.4. The molecule has 2 unspecified atom stereocenters. The minimum Gasteiger partial charge on any atom is -0.481 e. The maximum atomic E-state index is 12.5. The molecule has 2 heterocycles. The molecular weight excluding hydrogens is 270 g/mol. The lowest BCUT2D eigenvalue weighted by Crippen LogP contribution is -2.42. The number of carbonyl (C=O) groups is 2. The van der Waals surface area contributed by atoms with Crippen LogP contribution in [0.2, 0.25) is 0 Å². The third kappa shape index (κ3) is 3.51. The van der Waals surface area contributed by atoms with Gasteiger partial charge in [0.2, 0.25) is 0 Å². The number of hydrogen-bond donors (Lipinski definition) is 1. The monoisotopic (exact) mass is 291 g/mol. The van der Waals surface area contributed by atoms with Crippen LogP contribution in [0.3, 0.4) is 0 Å². The molecule has 1 fully saturated rings. The van der Waals surface area contributed by atoms with E-state index in [9.17, 15) is 9.59 Å². The van der Waals surface area contributed by atoms with Crippen LogP contribution in [0, 0.1) is 11.8 Å². The normalized spacial score (nSPS) is 21.3. The van der Waals surface area contributed by atoms with Gasteiger partial charge in [0.05, 0.1) is 18.2 Å². The standard InChI is InChI=1S/C15H21N3O3/c1-3-17(9-12-6-4-5-7-16-12)15(21)18-8-11(2)13(10-18)14(19)20/h4-7,11,13H,3,8-10H2,1-2H3,(H,19,20). The summed E-state index contributed by atoms with van der Waals surface area (Å²) in [6.45, 7) is 5.58. The van der Waals surface area contributed by atoms with Crippen molar-refractivity contribution in [1.82, 2.24) is 14.8 Å². The van der Waals surface area contributed by atoms with Crippen LogP contribution in [0.5, 0.6) is 0 Å². The summed E-state index contributed by atoms with van der Waals surface area (Å²) in [6, 6.07) is 5.49. The number of aromatic nitrogens is 1. The van der Waals surface area contributed by atoms with Gasteiger partial charge in [-0.05, 0) is 25.0 Å². The number of rotatable bonds is 4. The molecule has 0 radical (unpaired) electrons. The SMILES string of the molecule is CCN(Cc1ccccn1)C(=O)N1CC(C)C(C(=O)O)C1. The van der Waals surface area contributed by atoms with Crippen LogP contribution in [0.25, 0.3) is 0 Å². The fraction of sp³-hybridized carbons (Fsp3) is 0.533. The molecule has 0 aromatic carbocycles. The molecule has 1 aliphatic rings. The molecule has 6 nitrogen and oxygen atoms in total. The Balaban J connectivity index is 2.02. The molecule has 1 aromatic rings. The number of carboxylic acid groups (broad SMARTS) is 1. The molecule has 1 aromatic heterocycles. The minimum atomic E-state index is -0.828. The summed E-state index contributed by atoms with van der Waals surface area (Å²) in [5.74, 6) is -1.31. The summed E-state index contributed by atoms with van der Waals surface area (Å²) in [4.78, 5) is 31.2. The number of aliphatic carboxylic acids is 1. The van der Waals surface area contributed by atoms with Gasteiger partial charge in [-0.15, -0.1) is 0 Å². The third-order valence-corrected chi connectivity index (χ3v) is 3.93. The first-order chi connectivity index (χ1) is 10.0. The van der Waals surface area contributed by atoms with Crippen molar-refractivity contribution in [1.29, 1.82) is 0 Å². The second-order valence-corrected chi connectivity index (χ2v) is 5.44. The molecule has 1 N–H and O–H groups in total. The van der Waals surface area contributed by atoms with Gasteiger partial charge in [0.25, 0.3) is 0 Å². The van der Waals surface area contributed by atoms with Gasteiger partial charge < -0.3 is 14.9 Å². The highest BCUT2D eigenvalue weighted by molar-refractivity contribution is 5.77. The zero-order valence-corrected chi connectivity index (χ0v) is 12.4. The quantitative estimate of drug-likeness (QED) is 0.916. The predicted molar refractivity (Wildman–Crippen MR) is 77.6 cm³/mol. The first kappa shape index (κ1) is 15.3. The number of amides is 2. The lowest BCUT2D eigenvalue weighted by molar-refractivity contribution is -0.142. The molecule has 0 saturated carbocycles. The Morgan fingerprint density at radius 1 is 1.43 bits per heavy atom. The Morgan fingerprint density at radius 3 is 2.71 bits per heavy atom. The van der Waals surface area contributed by atoms with Crippen molar-refractivity contribution in [2.24, 2.45) is 11.8 Å². The molecule has 0 bridgehead atoms. The number of carboxylic acids is 1. The fourth-order valence-corrected chi connectivity index (χ4v) is 2.65. The van der Waals surface area contributed by atoms with Crippen LogP contribution in [-0.2, 0) is 11.3 Å². The molecule has 1 saturated heterocycles. The van der Waals surface area contributed by atoms with E-state index in [0.717, 1.165) is 5.69 Å². The van der Waals surface area contributed by atoms with E-state index in [-0.39, 0.29) is 18.5 Å². The molecule has 1 aliphatic heterocycles. The van der Waals surface area contributed by atoms with Crippen molar-refractivity contribution in [3.8, 4) is 0 Å². The zero-order valence-electron chi connectivity index (χ0n) is 12.4. The predicted octanol–water partition coefficient (Wildman–Crippen LogP) is 1.68. The van der Waals surface area contributed by atoms with E-state index in [0.29, 0.717) is 19.6 Å². The minimum absolute atomic E-state index is 0.0139. The first-order valence-corrected chi connectivity index (χ1v) is 7.19. The van der Waals surface area contributed by atoms with Crippen LogP contribution >= 0.6 is 0 Å². The van der Waals surface area contributed by atoms with Crippen molar-refractivity contribution in [3.05, 3.63) is 30.1 Å². The van der Waals surface area contributed by atoms with Crippen molar-refractivity contribution >= 4 is 12.0 Å². The molecule has 0 spiro atoms. The smallest absolute Gasteiger partial charge is 0.320 e. The number of likely N-dealkylation sites (tertiary alicyclic amines) is 1. The average molecular weight is 291 g/mol. The first-order valence-electron chi connectivity index (χ1n) is 7.19. The molecule has 2 amide bonds. The van der Waals surface area contributed by atoms with Crippen LogP contribution in [0.4, 0.5) is 4.79 Å². The van der Waals surface area contributed by atoms with E-state index < -0.39 is 11.9 Å². The Hall–Kier alpha value is -2.11. The van der Waals surface area contributed by atoms with Gasteiger partial charge in [0, 0.05) is 25.8 Å². The van der Waals surface area contributed by atoms with Gasteiger partial charge in [-0.1, -0.05) is 13.0 Å². The summed E-state index contributed by atoms with van der Waals surface area (Å²) in [7, 11) is 0. The van der Waals surface area contributed by atoms with E-state index in [2.05, 4.69) is 4.98 Å². The number of hydrogen-bond acceptors (Lipinski definition) is 3. The number of urea groups is 1. The largest absolute Gasteiger partial charge is 0.481 e. The Labute approximate surface area is 124 Å². The van der Waals surface area contributed by atoms with Crippen molar-refractivity contribution in [2.45, 2.75) is 20.4 Å². The second kappa shape index (κ2) is 6.56. The van der Waals surface area contributed by atoms with Crippen molar-refractivity contribution in [2.75, 3.05) is 19.6 Å². The van der Waals surface area contributed by atoms with Crippen LogP contribution in [-0.4, -0.2) is 51.5 Å².